The van der Waals surface area contributed by atoms with Crippen molar-refractivity contribution in [3.63, 3.8) is 0 Å². The van der Waals surface area contributed by atoms with Crippen molar-refractivity contribution < 1.29 is 14.3 Å². The molecule has 1 aliphatic heterocycles. The van der Waals surface area contributed by atoms with Gasteiger partial charge in [0.05, 0.1) is 19.1 Å². The third-order valence-corrected chi connectivity index (χ3v) is 2.23. The minimum Gasteiger partial charge on any atom is -0.464 e. The van der Waals surface area contributed by atoms with Gasteiger partial charge in [-0.15, -0.1) is 0 Å². The minimum atomic E-state index is -0.113. The van der Waals surface area contributed by atoms with Gasteiger partial charge < -0.3 is 9.47 Å². The van der Waals surface area contributed by atoms with Gasteiger partial charge in [-0.3, -0.25) is 9.69 Å². The lowest BCUT2D eigenvalue weighted by molar-refractivity contribution is -0.147. The molecule has 0 aromatic rings. The van der Waals surface area contributed by atoms with Crippen LogP contribution in [0.3, 0.4) is 0 Å². The first-order valence-electron chi connectivity index (χ1n) is 5.17. The number of carbonyl (C=O) groups excluding carboxylic acids is 1. The van der Waals surface area contributed by atoms with E-state index in [2.05, 4.69) is 4.90 Å². The van der Waals surface area contributed by atoms with Crippen LogP contribution >= 0.6 is 0 Å². The molecule has 1 rings (SSSR count). The van der Waals surface area contributed by atoms with Crippen LogP contribution in [-0.2, 0) is 14.3 Å². The van der Waals surface area contributed by atoms with Gasteiger partial charge in [0.15, 0.2) is 0 Å². The smallest absolute Gasteiger partial charge is 0.308 e. The van der Waals surface area contributed by atoms with E-state index < -0.39 is 0 Å². The molecule has 0 radical (unpaired) electrons. The molecule has 14 heavy (non-hydrogen) atoms. The Kier molecular flexibility index (Phi) is 4.90. The fourth-order valence-corrected chi connectivity index (χ4v) is 1.27. The lowest BCUT2D eigenvalue weighted by atomic mass is 10.2. The molecule has 1 aliphatic rings. The maximum Gasteiger partial charge on any atom is 0.308 e. The normalized spacial score (nSPS) is 18.5. The van der Waals surface area contributed by atoms with Crippen molar-refractivity contribution in [2.45, 2.75) is 13.8 Å². The number of morpholine rings is 1. The first kappa shape index (κ1) is 11.5. The maximum atomic E-state index is 11.1. The van der Waals surface area contributed by atoms with Gasteiger partial charge in [0.2, 0.25) is 0 Å². The van der Waals surface area contributed by atoms with E-state index in [1.807, 2.05) is 13.8 Å². The molecular weight excluding hydrogens is 182 g/mol. The number of carbonyl (C=O) groups is 1. The van der Waals surface area contributed by atoms with E-state index in [4.69, 9.17) is 9.47 Å². The molecule has 0 aromatic heterocycles. The van der Waals surface area contributed by atoms with Crippen LogP contribution in [0.4, 0.5) is 0 Å². The lowest BCUT2D eigenvalue weighted by Gasteiger charge is -2.26. The second-order valence-electron chi connectivity index (χ2n) is 3.78. The molecule has 4 heteroatoms. The van der Waals surface area contributed by atoms with Gasteiger partial charge in [0.25, 0.3) is 0 Å². The average molecular weight is 201 g/mol. The molecule has 4 nitrogen and oxygen atoms in total. The molecule has 1 fully saturated rings. The highest BCUT2D eigenvalue weighted by atomic mass is 16.5. The molecule has 82 valence electrons. The van der Waals surface area contributed by atoms with Crippen molar-refractivity contribution in [3.8, 4) is 0 Å². The Labute approximate surface area is 85.2 Å². The van der Waals surface area contributed by atoms with Crippen molar-refractivity contribution >= 4 is 5.97 Å². The van der Waals surface area contributed by atoms with Crippen LogP contribution in [0.1, 0.15) is 13.8 Å². The molecule has 0 saturated carbocycles. The Morgan fingerprint density at radius 1 is 1.43 bits per heavy atom. The summed E-state index contributed by atoms with van der Waals surface area (Å²) in [6.45, 7) is 8.47. The standard InChI is InChI=1S/C10H19NO3/c1-9(2)10(12)14-8-5-11-3-6-13-7-4-11/h9H,3-8H2,1-2H3. The zero-order valence-corrected chi connectivity index (χ0v) is 8.99. The summed E-state index contributed by atoms with van der Waals surface area (Å²) in [5.74, 6) is -0.141. The quantitative estimate of drug-likeness (QED) is 0.621. The topological polar surface area (TPSA) is 38.8 Å². The first-order chi connectivity index (χ1) is 6.70. The molecule has 1 saturated heterocycles. The van der Waals surface area contributed by atoms with Crippen LogP contribution in [0.2, 0.25) is 0 Å². The van der Waals surface area contributed by atoms with Crippen molar-refractivity contribution in [1.29, 1.82) is 0 Å². The second kappa shape index (κ2) is 5.98. The summed E-state index contributed by atoms with van der Waals surface area (Å²) in [4.78, 5) is 13.4. The van der Waals surface area contributed by atoms with Crippen molar-refractivity contribution in [2.24, 2.45) is 5.92 Å². The SMILES string of the molecule is CC(C)C(=O)OCCN1CCOCC1. The fraction of sp³-hybridized carbons (Fsp3) is 0.900. The summed E-state index contributed by atoms with van der Waals surface area (Å²) >= 11 is 0. The highest BCUT2D eigenvalue weighted by Crippen LogP contribution is 1.98. The molecule has 0 amide bonds. The Morgan fingerprint density at radius 2 is 2.07 bits per heavy atom. The summed E-state index contributed by atoms with van der Waals surface area (Å²) in [6.07, 6.45) is 0. The maximum absolute atomic E-state index is 11.1. The lowest BCUT2D eigenvalue weighted by Crippen LogP contribution is -2.38. The summed E-state index contributed by atoms with van der Waals surface area (Å²) in [6, 6.07) is 0. The Morgan fingerprint density at radius 3 is 2.64 bits per heavy atom. The number of hydrogen-bond acceptors (Lipinski definition) is 4. The predicted octanol–water partition coefficient (Wildman–Crippen LogP) is 0.518. The highest BCUT2D eigenvalue weighted by Gasteiger charge is 2.12. The third kappa shape index (κ3) is 4.07. The molecule has 0 unspecified atom stereocenters. The number of rotatable bonds is 4. The second-order valence-corrected chi connectivity index (χ2v) is 3.78. The number of ether oxygens (including phenoxy) is 2. The molecule has 0 spiro atoms. The van der Waals surface area contributed by atoms with Gasteiger partial charge >= 0.3 is 5.97 Å². The zero-order valence-electron chi connectivity index (χ0n) is 8.99. The minimum absolute atomic E-state index is 0.0281. The first-order valence-corrected chi connectivity index (χ1v) is 5.17. The molecular formula is C10H19NO3. The Bertz CT molecular complexity index is 176. The van der Waals surface area contributed by atoms with Crippen molar-refractivity contribution in [2.75, 3.05) is 39.5 Å². The highest BCUT2D eigenvalue weighted by molar-refractivity contribution is 5.71. The van der Waals surface area contributed by atoms with Crippen LogP contribution < -0.4 is 0 Å². The van der Waals surface area contributed by atoms with Crippen LogP contribution in [0, 0.1) is 5.92 Å². The van der Waals surface area contributed by atoms with Crippen LogP contribution in [0.15, 0.2) is 0 Å². The van der Waals surface area contributed by atoms with Crippen LogP contribution in [-0.4, -0.2) is 50.3 Å². The van der Waals surface area contributed by atoms with Gasteiger partial charge in [-0.05, 0) is 0 Å². The number of esters is 1. The van der Waals surface area contributed by atoms with Crippen LogP contribution in [0.25, 0.3) is 0 Å². The van der Waals surface area contributed by atoms with Gasteiger partial charge in [0.1, 0.15) is 6.61 Å². The molecule has 1 heterocycles. The predicted molar refractivity (Wildman–Crippen MR) is 53.1 cm³/mol. The Balaban J connectivity index is 2.05. The summed E-state index contributed by atoms with van der Waals surface area (Å²) < 4.78 is 10.3. The van der Waals surface area contributed by atoms with E-state index in [0.29, 0.717) is 6.61 Å². The van der Waals surface area contributed by atoms with Crippen molar-refractivity contribution in [3.05, 3.63) is 0 Å². The van der Waals surface area contributed by atoms with Crippen LogP contribution in [0.5, 0.6) is 0 Å². The summed E-state index contributed by atoms with van der Waals surface area (Å²) in [5.41, 5.74) is 0. The zero-order chi connectivity index (χ0) is 10.4. The van der Waals surface area contributed by atoms with Gasteiger partial charge in [-0.1, -0.05) is 13.8 Å². The summed E-state index contributed by atoms with van der Waals surface area (Å²) in [7, 11) is 0. The van der Waals surface area contributed by atoms with Gasteiger partial charge in [-0.2, -0.15) is 0 Å². The molecule has 0 aromatic carbocycles. The van der Waals surface area contributed by atoms with E-state index in [-0.39, 0.29) is 11.9 Å². The number of hydrogen-bond donors (Lipinski definition) is 0. The van der Waals surface area contributed by atoms with E-state index >= 15 is 0 Å². The fourth-order valence-electron chi connectivity index (χ4n) is 1.27. The van der Waals surface area contributed by atoms with E-state index in [1.165, 1.54) is 0 Å². The molecule has 0 aliphatic carbocycles. The monoisotopic (exact) mass is 201 g/mol. The van der Waals surface area contributed by atoms with Gasteiger partial charge in [0, 0.05) is 19.6 Å². The molecule has 0 atom stereocenters. The largest absolute Gasteiger partial charge is 0.464 e. The molecule has 0 bridgehead atoms. The van der Waals surface area contributed by atoms with Gasteiger partial charge in [-0.25, -0.2) is 0 Å². The number of nitrogens with zero attached hydrogens (tertiary/aromatic N) is 1. The van der Waals surface area contributed by atoms with E-state index in [0.717, 1.165) is 32.8 Å². The van der Waals surface area contributed by atoms with Crippen molar-refractivity contribution in [1.82, 2.24) is 4.90 Å². The summed E-state index contributed by atoms with van der Waals surface area (Å²) in [5, 5.41) is 0. The van der Waals surface area contributed by atoms with E-state index in [9.17, 15) is 4.79 Å². The molecule has 0 N–H and O–H groups in total. The van der Waals surface area contributed by atoms with E-state index in [1.54, 1.807) is 0 Å². The average Bonchev–Trinajstić information content (AvgIpc) is 2.19. The third-order valence-electron chi connectivity index (χ3n) is 2.23. The Hall–Kier alpha value is -0.610.